The van der Waals surface area contributed by atoms with Crippen molar-refractivity contribution in [1.29, 1.82) is 0 Å². The molecule has 0 radical (unpaired) electrons. The Hall–Kier alpha value is 0.170. The van der Waals surface area contributed by atoms with Crippen LogP contribution in [-0.4, -0.2) is 22.5 Å². The molecule has 4 heteroatoms. The molecule has 3 nitrogen and oxygen atoms in total. The normalized spacial score (nSPS) is 14.1. The average molecular weight is 310 g/mol. The molecule has 2 unspecified atom stereocenters. The van der Waals surface area contributed by atoms with Crippen molar-refractivity contribution in [3.05, 3.63) is 0 Å². The Kier molecular flexibility index (Phi) is 17.5. The fourth-order valence-corrected chi connectivity index (χ4v) is 2.48. The second-order valence-electron chi connectivity index (χ2n) is 5.97. The molecule has 4 N–H and O–H groups in total. The van der Waals surface area contributed by atoms with Crippen LogP contribution in [0, 0.1) is 5.92 Å². The first-order chi connectivity index (χ1) is 9.07. The minimum Gasteiger partial charge on any atom is -0.368 e. The predicted molar refractivity (Wildman–Crippen MR) is 89.1 cm³/mol. The van der Waals surface area contributed by atoms with Gasteiger partial charge in [0.15, 0.2) is 6.29 Å². The van der Waals surface area contributed by atoms with Crippen LogP contribution in [0.1, 0.15) is 84.5 Å². The molecule has 0 heterocycles. The SMILES string of the molecule is CCCCCCCCCCCC(N)C(C)CC(O)O.Cl. The number of halogens is 1. The summed E-state index contributed by atoms with van der Waals surface area (Å²) in [6.07, 6.45) is 12.1. The zero-order valence-corrected chi connectivity index (χ0v) is 14.2. The molecule has 0 fully saturated rings. The van der Waals surface area contributed by atoms with Crippen molar-refractivity contribution in [1.82, 2.24) is 0 Å². The van der Waals surface area contributed by atoms with Crippen molar-refractivity contribution in [2.75, 3.05) is 0 Å². The molecule has 20 heavy (non-hydrogen) atoms. The van der Waals surface area contributed by atoms with Gasteiger partial charge in [-0.15, -0.1) is 12.4 Å². The number of aliphatic hydroxyl groups is 2. The highest BCUT2D eigenvalue weighted by Gasteiger charge is 2.15. The second kappa shape index (κ2) is 15.6. The van der Waals surface area contributed by atoms with E-state index in [1.165, 1.54) is 57.8 Å². The molecular weight excluding hydrogens is 274 g/mol. The third-order valence-electron chi connectivity index (χ3n) is 3.95. The molecule has 0 bridgehead atoms. The summed E-state index contributed by atoms with van der Waals surface area (Å²) < 4.78 is 0. The molecule has 0 spiro atoms. The van der Waals surface area contributed by atoms with Crippen LogP contribution in [0.3, 0.4) is 0 Å². The largest absolute Gasteiger partial charge is 0.368 e. The maximum Gasteiger partial charge on any atom is 0.151 e. The average Bonchev–Trinajstić information content (AvgIpc) is 2.35. The van der Waals surface area contributed by atoms with E-state index in [0.717, 1.165) is 6.42 Å². The van der Waals surface area contributed by atoms with Gasteiger partial charge >= 0.3 is 0 Å². The highest BCUT2D eigenvalue weighted by atomic mass is 35.5. The first-order valence-electron chi connectivity index (χ1n) is 8.19. The molecule has 0 aliphatic carbocycles. The number of aliphatic hydroxyl groups excluding tert-OH is 1. The van der Waals surface area contributed by atoms with Crippen molar-refractivity contribution >= 4 is 12.4 Å². The highest BCUT2D eigenvalue weighted by Crippen LogP contribution is 2.16. The Bertz CT molecular complexity index is 191. The fourth-order valence-electron chi connectivity index (χ4n) is 2.48. The number of unbranched alkanes of at least 4 members (excludes halogenated alkanes) is 8. The van der Waals surface area contributed by atoms with Crippen LogP contribution in [0.4, 0.5) is 0 Å². The lowest BCUT2D eigenvalue weighted by Gasteiger charge is -2.20. The van der Waals surface area contributed by atoms with Gasteiger partial charge < -0.3 is 15.9 Å². The third kappa shape index (κ3) is 14.6. The van der Waals surface area contributed by atoms with Crippen LogP contribution in [-0.2, 0) is 0 Å². The molecule has 0 aromatic rings. The Morgan fingerprint density at radius 2 is 1.30 bits per heavy atom. The molecule has 124 valence electrons. The van der Waals surface area contributed by atoms with E-state index in [4.69, 9.17) is 15.9 Å². The number of hydrogen-bond donors (Lipinski definition) is 3. The minimum absolute atomic E-state index is 0. The van der Waals surface area contributed by atoms with Gasteiger partial charge in [-0.05, 0) is 12.3 Å². The van der Waals surface area contributed by atoms with Gasteiger partial charge in [-0.1, -0.05) is 71.6 Å². The van der Waals surface area contributed by atoms with Crippen LogP contribution in [0.2, 0.25) is 0 Å². The van der Waals surface area contributed by atoms with Gasteiger partial charge in [-0.2, -0.15) is 0 Å². The summed E-state index contributed by atoms with van der Waals surface area (Å²) in [5.41, 5.74) is 6.04. The molecule has 0 aliphatic heterocycles. The van der Waals surface area contributed by atoms with E-state index in [1.54, 1.807) is 0 Å². The number of nitrogens with two attached hydrogens (primary N) is 1. The smallest absolute Gasteiger partial charge is 0.151 e. The summed E-state index contributed by atoms with van der Waals surface area (Å²) in [6, 6.07) is 0.103. The molecular formula is C16H36ClNO2. The van der Waals surface area contributed by atoms with E-state index >= 15 is 0 Å². The van der Waals surface area contributed by atoms with Crippen LogP contribution < -0.4 is 5.73 Å². The molecule has 0 aromatic carbocycles. The van der Waals surface area contributed by atoms with Gasteiger partial charge in [0.2, 0.25) is 0 Å². The molecule has 0 amide bonds. The lowest BCUT2D eigenvalue weighted by Crippen LogP contribution is -2.30. The summed E-state index contributed by atoms with van der Waals surface area (Å²) in [5, 5.41) is 17.8. The highest BCUT2D eigenvalue weighted by molar-refractivity contribution is 5.85. The summed E-state index contributed by atoms with van der Waals surface area (Å²) in [7, 11) is 0. The number of hydrogen-bond acceptors (Lipinski definition) is 3. The predicted octanol–water partition coefficient (Wildman–Crippen LogP) is 3.99. The third-order valence-corrected chi connectivity index (χ3v) is 3.95. The minimum atomic E-state index is -1.22. The van der Waals surface area contributed by atoms with Gasteiger partial charge in [-0.25, -0.2) is 0 Å². The van der Waals surface area contributed by atoms with Gasteiger partial charge in [0.1, 0.15) is 0 Å². The topological polar surface area (TPSA) is 66.5 Å². The van der Waals surface area contributed by atoms with Crippen LogP contribution >= 0.6 is 12.4 Å². The Labute approximate surface area is 131 Å². The van der Waals surface area contributed by atoms with E-state index in [2.05, 4.69) is 6.92 Å². The summed E-state index contributed by atoms with van der Waals surface area (Å²) in [4.78, 5) is 0. The van der Waals surface area contributed by atoms with Crippen molar-refractivity contribution < 1.29 is 10.2 Å². The van der Waals surface area contributed by atoms with Gasteiger partial charge in [0.25, 0.3) is 0 Å². The number of rotatable bonds is 13. The van der Waals surface area contributed by atoms with E-state index in [9.17, 15) is 0 Å². The molecule has 0 aliphatic rings. The van der Waals surface area contributed by atoms with E-state index in [1.807, 2.05) is 6.92 Å². The fraction of sp³-hybridized carbons (Fsp3) is 1.00. The van der Waals surface area contributed by atoms with Gasteiger partial charge in [-0.3, -0.25) is 0 Å². The van der Waals surface area contributed by atoms with Crippen molar-refractivity contribution in [3.63, 3.8) is 0 Å². The van der Waals surface area contributed by atoms with E-state index < -0.39 is 6.29 Å². The monoisotopic (exact) mass is 309 g/mol. The summed E-state index contributed by atoms with van der Waals surface area (Å²) >= 11 is 0. The molecule has 2 atom stereocenters. The quantitative estimate of drug-likeness (QED) is 0.356. The first-order valence-corrected chi connectivity index (χ1v) is 8.19. The van der Waals surface area contributed by atoms with Crippen molar-refractivity contribution in [3.8, 4) is 0 Å². The van der Waals surface area contributed by atoms with Gasteiger partial charge in [0, 0.05) is 12.5 Å². The molecule has 0 aromatic heterocycles. The van der Waals surface area contributed by atoms with E-state index in [-0.39, 0.29) is 24.4 Å². The molecule has 0 saturated heterocycles. The second-order valence-corrected chi connectivity index (χ2v) is 5.97. The standard InChI is InChI=1S/C16H35NO2.ClH/c1-3-4-5-6-7-8-9-10-11-12-15(17)14(2)13-16(18)19;/h14-16,18-19H,3-13,17H2,1-2H3;1H. The van der Waals surface area contributed by atoms with Gasteiger partial charge in [0.05, 0.1) is 0 Å². The lowest BCUT2D eigenvalue weighted by atomic mass is 9.94. The zero-order valence-electron chi connectivity index (χ0n) is 13.4. The van der Waals surface area contributed by atoms with Crippen LogP contribution in [0.15, 0.2) is 0 Å². The summed E-state index contributed by atoms with van der Waals surface area (Å²) in [6.45, 7) is 4.25. The van der Waals surface area contributed by atoms with Crippen LogP contribution in [0.25, 0.3) is 0 Å². The van der Waals surface area contributed by atoms with Crippen molar-refractivity contribution in [2.24, 2.45) is 11.7 Å². The maximum atomic E-state index is 8.90. The Morgan fingerprint density at radius 1 is 0.850 bits per heavy atom. The zero-order chi connectivity index (χ0) is 14.5. The van der Waals surface area contributed by atoms with E-state index in [0.29, 0.717) is 6.42 Å². The summed E-state index contributed by atoms with van der Waals surface area (Å²) in [5.74, 6) is 0.189. The molecule has 0 saturated carbocycles. The molecule has 0 rings (SSSR count). The Balaban J connectivity index is 0. The maximum absolute atomic E-state index is 8.90. The first kappa shape index (κ1) is 22.5. The lowest BCUT2D eigenvalue weighted by molar-refractivity contribution is -0.0566. The Morgan fingerprint density at radius 3 is 1.75 bits per heavy atom. The van der Waals surface area contributed by atoms with Crippen LogP contribution in [0.5, 0.6) is 0 Å². The van der Waals surface area contributed by atoms with Crippen molar-refractivity contribution in [2.45, 2.75) is 96.8 Å².